The Morgan fingerprint density at radius 2 is 2.20 bits per heavy atom. The highest BCUT2D eigenvalue weighted by atomic mass is 16.6. The van der Waals surface area contributed by atoms with Crippen LogP contribution in [0.5, 0.6) is 0 Å². The standard InChI is InChI=1S/C19H24O6/c1-12-15-7-6-13(10-23-18(22)19(2)11-24-19)4-3-5-14(9-20)8-16(15)25-17(12)21/h5-6,15-16,20H,1,3-4,7-11H2,2H3/b13-6-,14-5+/t15-,16+,19?/m1/s1. The van der Waals surface area contributed by atoms with E-state index in [4.69, 9.17) is 14.2 Å². The molecule has 0 bridgehead atoms. The average molecular weight is 348 g/mol. The molecule has 3 rings (SSSR count). The maximum Gasteiger partial charge on any atom is 0.340 e. The Morgan fingerprint density at radius 3 is 2.88 bits per heavy atom. The van der Waals surface area contributed by atoms with Crippen LogP contribution in [0.4, 0.5) is 0 Å². The van der Waals surface area contributed by atoms with Gasteiger partial charge in [-0.1, -0.05) is 18.7 Å². The van der Waals surface area contributed by atoms with Crippen molar-refractivity contribution in [3.63, 3.8) is 0 Å². The van der Waals surface area contributed by atoms with E-state index in [1.54, 1.807) is 6.92 Å². The molecule has 2 heterocycles. The van der Waals surface area contributed by atoms with Crippen LogP contribution in [0.2, 0.25) is 0 Å². The molecule has 25 heavy (non-hydrogen) atoms. The van der Waals surface area contributed by atoms with Crippen LogP contribution in [0.15, 0.2) is 35.5 Å². The molecule has 2 saturated heterocycles. The zero-order valence-corrected chi connectivity index (χ0v) is 14.5. The molecule has 1 N–H and O–H groups in total. The number of hydrogen-bond donors (Lipinski definition) is 1. The second-order valence-electron chi connectivity index (χ2n) is 7.03. The number of hydrogen-bond acceptors (Lipinski definition) is 6. The first kappa shape index (κ1) is 17.9. The summed E-state index contributed by atoms with van der Waals surface area (Å²) in [6.07, 6.45) is 6.29. The van der Waals surface area contributed by atoms with Crippen molar-refractivity contribution in [3.05, 3.63) is 35.5 Å². The summed E-state index contributed by atoms with van der Waals surface area (Å²) in [4.78, 5) is 23.8. The summed E-state index contributed by atoms with van der Waals surface area (Å²) in [5.41, 5.74) is 1.52. The molecule has 0 aromatic carbocycles. The maximum atomic E-state index is 11.9. The summed E-state index contributed by atoms with van der Waals surface area (Å²) in [7, 11) is 0. The Labute approximate surface area is 147 Å². The van der Waals surface area contributed by atoms with E-state index in [2.05, 4.69) is 6.58 Å². The van der Waals surface area contributed by atoms with Gasteiger partial charge in [0.1, 0.15) is 12.7 Å². The molecule has 2 aliphatic heterocycles. The van der Waals surface area contributed by atoms with Gasteiger partial charge in [-0.15, -0.1) is 0 Å². The molecule has 0 aromatic heterocycles. The second kappa shape index (κ2) is 7.14. The lowest BCUT2D eigenvalue weighted by molar-refractivity contribution is -0.148. The number of esters is 2. The summed E-state index contributed by atoms with van der Waals surface area (Å²) in [6.45, 7) is 6.11. The molecule has 6 heteroatoms. The van der Waals surface area contributed by atoms with E-state index >= 15 is 0 Å². The van der Waals surface area contributed by atoms with Crippen molar-refractivity contribution >= 4 is 11.9 Å². The van der Waals surface area contributed by atoms with Crippen molar-refractivity contribution in [2.45, 2.75) is 44.3 Å². The molecule has 0 saturated carbocycles. The summed E-state index contributed by atoms with van der Waals surface area (Å²) in [5.74, 6) is -0.832. The van der Waals surface area contributed by atoms with Gasteiger partial charge < -0.3 is 19.3 Å². The number of allylic oxidation sites excluding steroid dienone is 2. The van der Waals surface area contributed by atoms with Crippen molar-refractivity contribution in [3.8, 4) is 0 Å². The van der Waals surface area contributed by atoms with Crippen LogP contribution in [0.25, 0.3) is 0 Å². The first-order chi connectivity index (χ1) is 11.9. The molecular weight excluding hydrogens is 324 g/mol. The SMILES string of the molecule is C=C1C(=O)O[C@H]2C/C(CO)=C\CC/C(COC(=O)C3(C)CO3)=C/C[C@H]12. The minimum atomic E-state index is -0.786. The predicted molar refractivity (Wildman–Crippen MR) is 89.5 cm³/mol. The van der Waals surface area contributed by atoms with Crippen molar-refractivity contribution < 1.29 is 28.9 Å². The molecule has 0 radical (unpaired) electrons. The monoisotopic (exact) mass is 348 g/mol. The number of fused-ring (bicyclic) bond motifs is 1. The van der Waals surface area contributed by atoms with Crippen LogP contribution in [0.3, 0.4) is 0 Å². The first-order valence-electron chi connectivity index (χ1n) is 8.60. The van der Waals surface area contributed by atoms with Gasteiger partial charge in [-0.3, -0.25) is 0 Å². The number of carbonyl (C=O) groups is 2. The zero-order chi connectivity index (χ0) is 18.0. The highest BCUT2D eigenvalue weighted by Crippen LogP contribution is 2.35. The maximum absolute atomic E-state index is 11.9. The van der Waals surface area contributed by atoms with Crippen LogP contribution in [0, 0.1) is 5.92 Å². The summed E-state index contributed by atoms with van der Waals surface area (Å²) >= 11 is 0. The number of aliphatic hydroxyl groups excluding tert-OH is 1. The lowest BCUT2D eigenvalue weighted by Crippen LogP contribution is -2.24. The molecule has 3 aliphatic rings. The van der Waals surface area contributed by atoms with Gasteiger partial charge in [0, 0.05) is 17.9 Å². The number of epoxide rings is 1. The molecule has 3 atom stereocenters. The normalized spacial score (nSPS) is 36.4. The van der Waals surface area contributed by atoms with Gasteiger partial charge in [0.15, 0.2) is 5.60 Å². The van der Waals surface area contributed by atoms with Crippen LogP contribution < -0.4 is 0 Å². The smallest absolute Gasteiger partial charge is 0.340 e. The first-order valence-corrected chi connectivity index (χ1v) is 8.60. The molecule has 1 aliphatic carbocycles. The predicted octanol–water partition coefficient (Wildman–Crippen LogP) is 1.84. The molecule has 6 nitrogen and oxygen atoms in total. The van der Waals surface area contributed by atoms with Gasteiger partial charge in [0.05, 0.1) is 13.2 Å². The van der Waals surface area contributed by atoms with E-state index in [0.717, 1.165) is 24.0 Å². The van der Waals surface area contributed by atoms with Gasteiger partial charge in [-0.2, -0.15) is 0 Å². The fraction of sp³-hybridized carbons (Fsp3) is 0.579. The van der Waals surface area contributed by atoms with Crippen molar-refractivity contribution in [2.24, 2.45) is 5.92 Å². The largest absolute Gasteiger partial charge is 0.459 e. The fourth-order valence-electron chi connectivity index (χ4n) is 3.15. The molecule has 0 aromatic rings. The molecule has 0 amide bonds. The third kappa shape index (κ3) is 4.02. The average Bonchev–Trinajstić information content (AvgIpc) is 3.29. The van der Waals surface area contributed by atoms with Gasteiger partial charge in [0.25, 0.3) is 0 Å². The Morgan fingerprint density at radius 1 is 1.44 bits per heavy atom. The molecule has 2 fully saturated rings. The Kier molecular flexibility index (Phi) is 5.11. The third-order valence-corrected chi connectivity index (χ3v) is 5.04. The highest BCUT2D eigenvalue weighted by Gasteiger charge is 2.49. The number of aliphatic hydroxyl groups is 1. The zero-order valence-electron chi connectivity index (χ0n) is 14.5. The van der Waals surface area contributed by atoms with Gasteiger partial charge in [-0.25, -0.2) is 9.59 Å². The highest BCUT2D eigenvalue weighted by molar-refractivity contribution is 5.90. The third-order valence-electron chi connectivity index (χ3n) is 5.04. The van der Waals surface area contributed by atoms with Gasteiger partial charge in [-0.05, 0) is 37.3 Å². The van der Waals surface area contributed by atoms with Crippen molar-refractivity contribution in [1.29, 1.82) is 0 Å². The van der Waals surface area contributed by atoms with Gasteiger partial charge >= 0.3 is 11.9 Å². The van der Waals surface area contributed by atoms with Crippen LogP contribution in [-0.2, 0) is 23.8 Å². The van der Waals surface area contributed by atoms with E-state index in [9.17, 15) is 14.7 Å². The van der Waals surface area contributed by atoms with E-state index in [0.29, 0.717) is 25.0 Å². The lowest BCUT2D eigenvalue weighted by Gasteiger charge is -2.20. The topological polar surface area (TPSA) is 85.4 Å². The molecular formula is C19H24O6. The minimum absolute atomic E-state index is 0.0586. The van der Waals surface area contributed by atoms with E-state index in [1.165, 1.54) is 0 Å². The van der Waals surface area contributed by atoms with E-state index in [-0.39, 0.29) is 37.2 Å². The number of carbonyl (C=O) groups excluding carboxylic acids is 2. The Hall–Kier alpha value is -1.92. The van der Waals surface area contributed by atoms with Crippen LogP contribution in [0.1, 0.15) is 32.6 Å². The van der Waals surface area contributed by atoms with Crippen molar-refractivity contribution in [1.82, 2.24) is 0 Å². The minimum Gasteiger partial charge on any atom is -0.459 e. The summed E-state index contributed by atoms with van der Waals surface area (Å²) in [5, 5.41) is 9.53. The Balaban J connectivity index is 1.71. The van der Waals surface area contributed by atoms with E-state index < -0.39 is 5.60 Å². The summed E-state index contributed by atoms with van der Waals surface area (Å²) < 4.78 is 15.9. The second-order valence-corrected chi connectivity index (χ2v) is 7.03. The lowest BCUT2D eigenvalue weighted by atomic mass is 9.87. The summed E-state index contributed by atoms with van der Waals surface area (Å²) in [6, 6.07) is 0. The van der Waals surface area contributed by atoms with Gasteiger partial charge in [0.2, 0.25) is 0 Å². The molecule has 0 spiro atoms. The fourth-order valence-corrected chi connectivity index (χ4v) is 3.15. The Bertz CT molecular complexity index is 640. The van der Waals surface area contributed by atoms with E-state index in [1.807, 2.05) is 12.2 Å². The number of ether oxygens (including phenoxy) is 3. The van der Waals surface area contributed by atoms with Crippen LogP contribution in [-0.4, -0.2) is 48.6 Å². The molecule has 136 valence electrons. The molecule has 1 unspecified atom stereocenters. The number of rotatable bonds is 4. The van der Waals surface area contributed by atoms with Crippen molar-refractivity contribution in [2.75, 3.05) is 19.8 Å². The van der Waals surface area contributed by atoms with Crippen LogP contribution >= 0.6 is 0 Å². The quantitative estimate of drug-likeness (QED) is 0.361.